The molecule has 0 saturated carbocycles. The van der Waals surface area contributed by atoms with Crippen molar-refractivity contribution in [3.63, 3.8) is 0 Å². The van der Waals surface area contributed by atoms with Crippen LogP contribution in [0.15, 0.2) is 54.6 Å². The van der Waals surface area contributed by atoms with Crippen molar-refractivity contribution in [2.75, 3.05) is 26.3 Å². The summed E-state index contributed by atoms with van der Waals surface area (Å²) in [4.78, 5) is 24.5. The zero-order chi connectivity index (χ0) is 16.1. The Balaban J connectivity index is 1.66. The number of hydrazine groups is 1. The van der Waals surface area contributed by atoms with Crippen molar-refractivity contribution in [1.82, 2.24) is 10.4 Å². The molecule has 5 nitrogen and oxygen atoms in total. The van der Waals surface area contributed by atoms with E-state index in [-0.39, 0.29) is 11.7 Å². The summed E-state index contributed by atoms with van der Waals surface area (Å²) < 4.78 is 5.24. The van der Waals surface area contributed by atoms with E-state index in [2.05, 4.69) is 5.43 Å². The van der Waals surface area contributed by atoms with E-state index in [4.69, 9.17) is 4.74 Å². The average molecular weight is 310 g/mol. The summed E-state index contributed by atoms with van der Waals surface area (Å²) in [5, 5.41) is 1.84. The molecule has 0 aliphatic carbocycles. The molecule has 3 rings (SSSR count). The Morgan fingerprint density at radius 3 is 2.04 bits per heavy atom. The van der Waals surface area contributed by atoms with Gasteiger partial charge in [-0.25, -0.2) is 5.01 Å². The second-order valence-electron chi connectivity index (χ2n) is 5.31. The fraction of sp³-hybridized carbons (Fsp3) is 0.222. The molecule has 23 heavy (non-hydrogen) atoms. The Kier molecular flexibility index (Phi) is 4.80. The van der Waals surface area contributed by atoms with Crippen molar-refractivity contribution in [3.8, 4) is 0 Å². The number of benzene rings is 2. The summed E-state index contributed by atoms with van der Waals surface area (Å²) in [7, 11) is 0. The van der Waals surface area contributed by atoms with Gasteiger partial charge >= 0.3 is 0 Å². The van der Waals surface area contributed by atoms with Crippen molar-refractivity contribution in [1.29, 1.82) is 0 Å². The molecular weight excluding hydrogens is 292 g/mol. The lowest BCUT2D eigenvalue weighted by atomic mass is 10.0. The summed E-state index contributed by atoms with van der Waals surface area (Å²) >= 11 is 0. The van der Waals surface area contributed by atoms with Gasteiger partial charge in [0.05, 0.1) is 13.2 Å². The minimum Gasteiger partial charge on any atom is -0.379 e. The van der Waals surface area contributed by atoms with Crippen LogP contribution < -0.4 is 5.43 Å². The van der Waals surface area contributed by atoms with Crippen molar-refractivity contribution in [3.05, 3.63) is 71.3 Å². The Morgan fingerprint density at radius 2 is 1.39 bits per heavy atom. The van der Waals surface area contributed by atoms with Gasteiger partial charge in [-0.1, -0.05) is 42.5 Å². The van der Waals surface area contributed by atoms with Crippen LogP contribution in [0.5, 0.6) is 0 Å². The Hall–Kier alpha value is -2.50. The highest BCUT2D eigenvalue weighted by Gasteiger charge is 2.15. The predicted molar refractivity (Wildman–Crippen MR) is 86.2 cm³/mol. The van der Waals surface area contributed by atoms with Crippen LogP contribution in [0.3, 0.4) is 0 Å². The summed E-state index contributed by atoms with van der Waals surface area (Å²) in [6, 6.07) is 15.8. The van der Waals surface area contributed by atoms with Gasteiger partial charge in [0, 0.05) is 29.8 Å². The van der Waals surface area contributed by atoms with Gasteiger partial charge in [-0.05, 0) is 12.1 Å². The fourth-order valence-corrected chi connectivity index (χ4v) is 2.41. The molecule has 0 unspecified atom stereocenters. The highest BCUT2D eigenvalue weighted by atomic mass is 16.5. The van der Waals surface area contributed by atoms with Gasteiger partial charge in [-0.3, -0.25) is 15.0 Å². The normalized spacial score (nSPS) is 15.1. The molecule has 1 aliphatic heterocycles. The lowest BCUT2D eigenvalue weighted by molar-refractivity contribution is 0.0126. The first kappa shape index (κ1) is 15.4. The Labute approximate surface area is 134 Å². The molecule has 1 fully saturated rings. The van der Waals surface area contributed by atoms with E-state index in [1.54, 1.807) is 36.4 Å². The number of carbonyl (C=O) groups excluding carboxylic acids is 2. The van der Waals surface area contributed by atoms with Crippen molar-refractivity contribution < 1.29 is 14.3 Å². The third-order valence-corrected chi connectivity index (χ3v) is 3.72. The third kappa shape index (κ3) is 3.83. The van der Waals surface area contributed by atoms with Crippen LogP contribution in [-0.4, -0.2) is 43.0 Å². The third-order valence-electron chi connectivity index (χ3n) is 3.72. The van der Waals surface area contributed by atoms with Crippen LogP contribution >= 0.6 is 0 Å². The zero-order valence-electron chi connectivity index (χ0n) is 12.7. The van der Waals surface area contributed by atoms with Crippen molar-refractivity contribution in [2.45, 2.75) is 0 Å². The Bertz CT molecular complexity index is 677. The van der Waals surface area contributed by atoms with E-state index in [0.717, 1.165) is 0 Å². The molecular formula is C18H18N2O3. The molecule has 1 aliphatic rings. The van der Waals surface area contributed by atoms with Crippen LogP contribution in [-0.2, 0) is 4.74 Å². The van der Waals surface area contributed by atoms with Crippen LogP contribution in [0.2, 0.25) is 0 Å². The number of hydrogen-bond acceptors (Lipinski definition) is 4. The van der Waals surface area contributed by atoms with Gasteiger partial charge in [-0.15, -0.1) is 0 Å². The lowest BCUT2D eigenvalue weighted by Crippen LogP contribution is -2.48. The first-order chi connectivity index (χ1) is 11.2. The van der Waals surface area contributed by atoms with Gasteiger partial charge in [0.2, 0.25) is 0 Å². The van der Waals surface area contributed by atoms with E-state index in [1.807, 2.05) is 23.2 Å². The number of rotatable bonds is 4. The minimum absolute atomic E-state index is 0.0502. The summed E-state index contributed by atoms with van der Waals surface area (Å²) in [5.41, 5.74) is 4.58. The van der Waals surface area contributed by atoms with Gasteiger partial charge < -0.3 is 4.74 Å². The molecule has 1 amide bonds. The first-order valence-corrected chi connectivity index (χ1v) is 7.57. The summed E-state index contributed by atoms with van der Waals surface area (Å²) in [6.45, 7) is 2.59. The molecule has 2 aromatic rings. The molecule has 1 heterocycles. The van der Waals surface area contributed by atoms with E-state index in [0.29, 0.717) is 43.0 Å². The second-order valence-corrected chi connectivity index (χ2v) is 5.31. The monoisotopic (exact) mass is 310 g/mol. The maximum Gasteiger partial charge on any atom is 0.265 e. The average Bonchev–Trinajstić information content (AvgIpc) is 2.63. The quantitative estimate of drug-likeness (QED) is 0.876. The minimum atomic E-state index is -0.175. The maximum absolute atomic E-state index is 12.3. The number of ketones is 1. The maximum atomic E-state index is 12.3. The number of carbonyl (C=O) groups is 2. The van der Waals surface area contributed by atoms with E-state index >= 15 is 0 Å². The fourth-order valence-electron chi connectivity index (χ4n) is 2.41. The molecule has 118 valence electrons. The summed E-state index contributed by atoms with van der Waals surface area (Å²) in [5.74, 6) is -0.226. The molecule has 0 atom stereocenters. The molecule has 2 aromatic carbocycles. The smallest absolute Gasteiger partial charge is 0.265 e. The first-order valence-electron chi connectivity index (χ1n) is 7.57. The number of hydrogen-bond donors (Lipinski definition) is 1. The lowest BCUT2D eigenvalue weighted by Gasteiger charge is -2.26. The van der Waals surface area contributed by atoms with Crippen LogP contribution in [0.25, 0.3) is 0 Å². The number of amides is 1. The predicted octanol–water partition coefficient (Wildman–Crippen LogP) is 1.89. The molecule has 0 spiro atoms. The number of morpholine rings is 1. The molecule has 5 heteroatoms. The van der Waals surface area contributed by atoms with Crippen LogP contribution in [0.4, 0.5) is 0 Å². The molecule has 0 bridgehead atoms. The van der Waals surface area contributed by atoms with E-state index < -0.39 is 0 Å². The van der Waals surface area contributed by atoms with Gasteiger partial charge in [0.1, 0.15) is 0 Å². The van der Waals surface area contributed by atoms with E-state index in [9.17, 15) is 9.59 Å². The standard InChI is InChI=1S/C18H18N2O3/c21-17(14-4-2-1-3-5-14)15-6-8-16(9-7-15)18(22)19-20-10-12-23-13-11-20/h1-9H,10-13H2,(H,19,22). The number of nitrogens with zero attached hydrogens (tertiary/aromatic N) is 1. The molecule has 0 radical (unpaired) electrons. The van der Waals surface area contributed by atoms with E-state index in [1.165, 1.54) is 0 Å². The SMILES string of the molecule is O=C(NN1CCOCC1)c1ccc(C(=O)c2ccccc2)cc1. The van der Waals surface area contributed by atoms with Gasteiger partial charge in [0.25, 0.3) is 5.91 Å². The van der Waals surface area contributed by atoms with Gasteiger partial charge in [-0.2, -0.15) is 0 Å². The number of nitrogens with one attached hydrogen (secondary N) is 1. The second kappa shape index (κ2) is 7.17. The topological polar surface area (TPSA) is 58.6 Å². The molecule has 1 N–H and O–H groups in total. The zero-order valence-corrected chi connectivity index (χ0v) is 12.7. The highest BCUT2D eigenvalue weighted by Crippen LogP contribution is 2.11. The molecule has 1 saturated heterocycles. The highest BCUT2D eigenvalue weighted by molar-refractivity contribution is 6.09. The number of ether oxygens (including phenoxy) is 1. The summed E-state index contributed by atoms with van der Waals surface area (Å²) in [6.07, 6.45) is 0. The van der Waals surface area contributed by atoms with Gasteiger partial charge in [0.15, 0.2) is 5.78 Å². The van der Waals surface area contributed by atoms with Crippen LogP contribution in [0.1, 0.15) is 26.3 Å². The van der Waals surface area contributed by atoms with Crippen molar-refractivity contribution in [2.24, 2.45) is 0 Å². The largest absolute Gasteiger partial charge is 0.379 e. The van der Waals surface area contributed by atoms with Crippen molar-refractivity contribution >= 4 is 11.7 Å². The molecule has 0 aromatic heterocycles. The van der Waals surface area contributed by atoms with Crippen LogP contribution in [0, 0.1) is 0 Å². The Morgan fingerprint density at radius 1 is 0.826 bits per heavy atom.